The van der Waals surface area contributed by atoms with E-state index in [-0.39, 0.29) is 12.3 Å². The number of benzene rings is 2. The molecule has 2 aromatic rings. The predicted molar refractivity (Wildman–Crippen MR) is 83.2 cm³/mol. The molecule has 0 heterocycles. The Morgan fingerprint density at radius 3 is 2.22 bits per heavy atom. The largest absolute Gasteiger partial charge is 0.465 e. The minimum Gasteiger partial charge on any atom is -0.465 e. The van der Waals surface area contributed by atoms with Gasteiger partial charge in [-0.15, -0.1) is 0 Å². The molecule has 6 nitrogen and oxygen atoms in total. The van der Waals surface area contributed by atoms with Crippen molar-refractivity contribution in [1.29, 1.82) is 0 Å². The van der Waals surface area contributed by atoms with Crippen LogP contribution in [0, 0.1) is 10.1 Å². The number of nitro groups is 1. The summed E-state index contributed by atoms with van der Waals surface area (Å²) in [5.41, 5.74) is 0.635. The summed E-state index contributed by atoms with van der Waals surface area (Å²) in [6.45, 7) is 1.79. The SMILES string of the molecule is CCOC(=O)C(C(=O)c1ccccc1)c1ccc([N+](=O)[O-])cc1. The Labute approximate surface area is 132 Å². The molecule has 1 unspecified atom stereocenters. The first-order chi connectivity index (χ1) is 11.0. The lowest BCUT2D eigenvalue weighted by Crippen LogP contribution is -2.24. The Kier molecular flexibility index (Phi) is 5.19. The molecule has 0 aliphatic carbocycles. The van der Waals surface area contributed by atoms with Crippen molar-refractivity contribution in [2.24, 2.45) is 0 Å². The van der Waals surface area contributed by atoms with E-state index in [1.165, 1.54) is 24.3 Å². The van der Waals surface area contributed by atoms with Gasteiger partial charge >= 0.3 is 5.97 Å². The van der Waals surface area contributed by atoms with Crippen molar-refractivity contribution >= 4 is 17.4 Å². The summed E-state index contributed by atoms with van der Waals surface area (Å²) in [6.07, 6.45) is 0. The number of nitro benzene ring substituents is 1. The van der Waals surface area contributed by atoms with Crippen molar-refractivity contribution in [2.75, 3.05) is 6.61 Å². The van der Waals surface area contributed by atoms with E-state index in [1.54, 1.807) is 37.3 Å². The number of hydrogen-bond donors (Lipinski definition) is 0. The molecule has 0 bridgehead atoms. The van der Waals surface area contributed by atoms with Crippen molar-refractivity contribution in [2.45, 2.75) is 12.8 Å². The third-order valence-corrected chi connectivity index (χ3v) is 3.28. The molecule has 2 rings (SSSR count). The molecular weight excluding hydrogens is 298 g/mol. The lowest BCUT2D eigenvalue weighted by molar-refractivity contribution is -0.384. The van der Waals surface area contributed by atoms with Gasteiger partial charge in [-0.1, -0.05) is 42.5 Å². The van der Waals surface area contributed by atoms with Gasteiger partial charge in [0.15, 0.2) is 5.78 Å². The molecule has 6 heteroatoms. The zero-order valence-electron chi connectivity index (χ0n) is 12.5. The summed E-state index contributed by atoms with van der Waals surface area (Å²) in [6, 6.07) is 13.7. The van der Waals surface area contributed by atoms with Gasteiger partial charge in [-0.3, -0.25) is 19.7 Å². The molecule has 0 aliphatic heterocycles. The van der Waals surface area contributed by atoms with Crippen molar-refractivity contribution < 1.29 is 19.2 Å². The van der Waals surface area contributed by atoms with Gasteiger partial charge in [0, 0.05) is 17.7 Å². The summed E-state index contributed by atoms with van der Waals surface area (Å²) < 4.78 is 4.99. The van der Waals surface area contributed by atoms with E-state index < -0.39 is 22.6 Å². The van der Waals surface area contributed by atoms with E-state index in [0.29, 0.717) is 11.1 Å². The second-order valence-electron chi connectivity index (χ2n) is 4.76. The molecule has 0 amide bonds. The van der Waals surface area contributed by atoms with Crippen LogP contribution >= 0.6 is 0 Å². The highest BCUT2D eigenvalue weighted by Crippen LogP contribution is 2.25. The third-order valence-electron chi connectivity index (χ3n) is 3.28. The lowest BCUT2D eigenvalue weighted by Gasteiger charge is -2.15. The van der Waals surface area contributed by atoms with E-state index in [1.807, 2.05) is 0 Å². The zero-order valence-corrected chi connectivity index (χ0v) is 12.5. The number of nitrogens with zero attached hydrogens (tertiary/aromatic N) is 1. The van der Waals surface area contributed by atoms with Crippen LogP contribution in [0.4, 0.5) is 5.69 Å². The minimum atomic E-state index is -1.14. The van der Waals surface area contributed by atoms with Gasteiger partial charge in [0.05, 0.1) is 11.5 Å². The van der Waals surface area contributed by atoms with Crippen LogP contribution in [0.1, 0.15) is 28.8 Å². The molecule has 0 saturated carbocycles. The quantitative estimate of drug-likeness (QED) is 0.269. The molecule has 118 valence electrons. The number of esters is 1. The summed E-state index contributed by atoms with van der Waals surface area (Å²) in [4.78, 5) is 35.0. The molecule has 1 atom stereocenters. The van der Waals surface area contributed by atoms with Gasteiger partial charge in [0.1, 0.15) is 5.92 Å². The number of carbonyl (C=O) groups excluding carboxylic acids is 2. The van der Waals surface area contributed by atoms with Crippen LogP contribution in [0.5, 0.6) is 0 Å². The van der Waals surface area contributed by atoms with Crippen LogP contribution in [-0.2, 0) is 9.53 Å². The van der Waals surface area contributed by atoms with Crippen LogP contribution < -0.4 is 0 Å². The van der Waals surface area contributed by atoms with Crippen LogP contribution in [-0.4, -0.2) is 23.3 Å². The number of rotatable bonds is 6. The fourth-order valence-electron chi connectivity index (χ4n) is 2.18. The minimum absolute atomic E-state index is 0.108. The first-order valence-electron chi connectivity index (χ1n) is 7.04. The third kappa shape index (κ3) is 3.79. The van der Waals surface area contributed by atoms with Gasteiger partial charge in [-0.25, -0.2) is 0 Å². The monoisotopic (exact) mass is 313 g/mol. The summed E-state index contributed by atoms with van der Waals surface area (Å²) >= 11 is 0. The van der Waals surface area contributed by atoms with Crippen molar-refractivity contribution in [3.05, 3.63) is 75.8 Å². The molecule has 0 saturated heterocycles. The van der Waals surface area contributed by atoms with E-state index in [0.717, 1.165) is 0 Å². The highest BCUT2D eigenvalue weighted by Gasteiger charge is 2.31. The van der Waals surface area contributed by atoms with Crippen LogP contribution in [0.3, 0.4) is 0 Å². The highest BCUT2D eigenvalue weighted by molar-refractivity contribution is 6.12. The number of Topliss-reactive ketones (excluding diaryl/α,β-unsaturated/α-hetero) is 1. The molecule has 0 N–H and O–H groups in total. The number of ether oxygens (including phenoxy) is 1. The second-order valence-corrected chi connectivity index (χ2v) is 4.76. The van der Waals surface area contributed by atoms with Crippen molar-refractivity contribution in [3.8, 4) is 0 Å². The van der Waals surface area contributed by atoms with E-state index in [2.05, 4.69) is 0 Å². The average molecular weight is 313 g/mol. The molecule has 0 aliphatic rings. The van der Waals surface area contributed by atoms with Gasteiger partial charge in [0.2, 0.25) is 0 Å². The Balaban J connectivity index is 2.40. The first kappa shape index (κ1) is 16.4. The summed E-state index contributed by atoms with van der Waals surface area (Å²) in [5.74, 6) is -2.22. The van der Waals surface area contributed by atoms with Gasteiger partial charge in [-0.05, 0) is 12.5 Å². The summed E-state index contributed by atoms with van der Waals surface area (Å²) in [7, 11) is 0. The lowest BCUT2D eigenvalue weighted by atomic mass is 9.90. The van der Waals surface area contributed by atoms with Crippen LogP contribution in [0.15, 0.2) is 54.6 Å². The van der Waals surface area contributed by atoms with Crippen molar-refractivity contribution in [3.63, 3.8) is 0 Å². The maximum Gasteiger partial charge on any atom is 0.321 e. The zero-order chi connectivity index (χ0) is 16.8. The summed E-state index contributed by atoms with van der Waals surface area (Å²) in [5, 5.41) is 10.7. The van der Waals surface area contributed by atoms with Crippen LogP contribution in [0.25, 0.3) is 0 Å². The van der Waals surface area contributed by atoms with Gasteiger partial charge < -0.3 is 4.74 Å². The number of non-ortho nitro benzene ring substituents is 1. The maximum atomic E-state index is 12.6. The van der Waals surface area contributed by atoms with E-state index in [4.69, 9.17) is 4.74 Å². The maximum absolute atomic E-state index is 12.6. The predicted octanol–water partition coefficient (Wildman–Crippen LogP) is 3.12. The molecule has 23 heavy (non-hydrogen) atoms. The Hall–Kier alpha value is -3.02. The van der Waals surface area contributed by atoms with E-state index >= 15 is 0 Å². The molecule has 0 fully saturated rings. The second kappa shape index (κ2) is 7.31. The molecule has 2 aromatic carbocycles. The normalized spacial score (nSPS) is 11.5. The standard InChI is InChI=1S/C17H15NO5/c1-2-23-17(20)15(16(19)13-6-4-3-5-7-13)12-8-10-14(11-9-12)18(21)22/h3-11,15H,2H2,1H3. The van der Waals surface area contributed by atoms with Gasteiger partial charge in [-0.2, -0.15) is 0 Å². The highest BCUT2D eigenvalue weighted by atomic mass is 16.6. The molecular formula is C17H15NO5. The number of carbonyl (C=O) groups is 2. The number of hydrogen-bond acceptors (Lipinski definition) is 5. The topological polar surface area (TPSA) is 86.5 Å². The van der Waals surface area contributed by atoms with Crippen LogP contribution in [0.2, 0.25) is 0 Å². The Morgan fingerprint density at radius 2 is 1.70 bits per heavy atom. The fourth-order valence-corrected chi connectivity index (χ4v) is 2.18. The Bertz CT molecular complexity index is 710. The molecule has 0 aromatic heterocycles. The van der Waals surface area contributed by atoms with Gasteiger partial charge in [0.25, 0.3) is 5.69 Å². The Morgan fingerprint density at radius 1 is 1.09 bits per heavy atom. The number of ketones is 1. The molecule has 0 spiro atoms. The fraction of sp³-hybridized carbons (Fsp3) is 0.176. The molecule has 0 radical (unpaired) electrons. The first-order valence-corrected chi connectivity index (χ1v) is 7.04. The smallest absolute Gasteiger partial charge is 0.321 e. The average Bonchev–Trinajstić information content (AvgIpc) is 2.56. The van der Waals surface area contributed by atoms with E-state index in [9.17, 15) is 19.7 Å². The van der Waals surface area contributed by atoms with Crippen molar-refractivity contribution in [1.82, 2.24) is 0 Å².